The lowest BCUT2D eigenvalue weighted by Crippen LogP contribution is -2.39. The largest absolute Gasteiger partial charge is 0.492 e. The highest BCUT2D eigenvalue weighted by Crippen LogP contribution is 2.40. The molecule has 1 atom stereocenters. The van der Waals surface area contributed by atoms with Crippen molar-refractivity contribution in [2.75, 3.05) is 26.3 Å². The predicted octanol–water partition coefficient (Wildman–Crippen LogP) is 2.37. The van der Waals surface area contributed by atoms with E-state index in [-0.39, 0.29) is 17.7 Å². The van der Waals surface area contributed by atoms with Crippen LogP contribution in [0, 0.1) is 12.7 Å². The Bertz CT molecular complexity index is 855. The van der Waals surface area contributed by atoms with E-state index in [1.54, 1.807) is 19.1 Å². The van der Waals surface area contributed by atoms with E-state index >= 15 is 0 Å². The van der Waals surface area contributed by atoms with Gasteiger partial charge in [-0.3, -0.25) is 4.90 Å². The summed E-state index contributed by atoms with van der Waals surface area (Å²) >= 11 is 1.41. The van der Waals surface area contributed by atoms with Crippen LogP contribution in [-0.4, -0.2) is 50.9 Å². The molecule has 0 radical (unpaired) electrons. The Morgan fingerprint density at radius 2 is 1.96 bits per heavy atom. The standard InChI is InChI=1S/C16H17FN4O2S/c1-10-18-16-21(19-10)15(22)14(24-16)13(20-6-8-23-9-7-20)11-2-4-12(17)5-3-11/h2-5,13,22H,6-9H2,1H3/t13-/m0/s1. The Labute approximate surface area is 142 Å². The number of aromatic hydroxyl groups is 1. The summed E-state index contributed by atoms with van der Waals surface area (Å²) in [6.45, 7) is 4.55. The van der Waals surface area contributed by atoms with Gasteiger partial charge < -0.3 is 9.84 Å². The maximum absolute atomic E-state index is 13.3. The number of ether oxygens (including phenoxy) is 1. The van der Waals surface area contributed by atoms with Gasteiger partial charge in [-0.25, -0.2) is 9.37 Å². The topological polar surface area (TPSA) is 62.9 Å². The molecule has 0 unspecified atom stereocenters. The average Bonchev–Trinajstić information content (AvgIpc) is 3.09. The maximum Gasteiger partial charge on any atom is 0.230 e. The highest BCUT2D eigenvalue weighted by atomic mass is 32.1. The van der Waals surface area contributed by atoms with Crippen LogP contribution in [0.2, 0.25) is 0 Å². The zero-order valence-electron chi connectivity index (χ0n) is 13.1. The summed E-state index contributed by atoms with van der Waals surface area (Å²) in [5, 5.41) is 14.9. The smallest absolute Gasteiger partial charge is 0.230 e. The molecule has 126 valence electrons. The van der Waals surface area contributed by atoms with E-state index in [1.165, 1.54) is 28.0 Å². The van der Waals surface area contributed by atoms with Gasteiger partial charge in [0.15, 0.2) is 0 Å². The number of hydrogen-bond donors (Lipinski definition) is 1. The van der Waals surface area contributed by atoms with Crippen LogP contribution in [0.4, 0.5) is 4.39 Å². The summed E-state index contributed by atoms with van der Waals surface area (Å²) in [6, 6.07) is 6.23. The minimum Gasteiger partial charge on any atom is -0.492 e. The lowest BCUT2D eigenvalue weighted by atomic mass is 10.0. The summed E-state index contributed by atoms with van der Waals surface area (Å²) in [7, 11) is 0. The number of halogens is 1. The number of nitrogens with zero attached hydrogens (tertiary/aromatic N) is 4. The van der Waals surface area contributed by atoms with Crippen LogP contribution in [0.25, 0.3) is 4.96 Å². The van der Waals surface area contributed by atoms with Crippen molar-refractivity contribution in [1.29, 1.82) is 0 Å². The molecule has 24 heavy (non-hydrogen) atoms. The van der Waals surface area contributed by atoms with E-state index in [9.17, 15) is 9.50 Å². The van der Waals surface area contributed by atoms with Crippen LogP contribution in [0.15, 0.2) is 24.3 Å². The van der Waals surface area contributed by atoms with E-state index in [0.29, 0.717) is 24.0 Å². The van der Waals surface area contributed by atoms with E-state index in [1.807, 2.05) is 0 Å². The minimum absolute atomic E-state index is 0.0939. The number of thiazole rings is 1. The molecule has 2 aromatic heterocycles. The minimum atomic E-state index is -0.276. The SMILES string of the molecule is Cc1nc2sc([C@H](c3ccc(F)cc3)N3CCOCC3)c(O)n2n1. The van der Waals surface area contributed by atoms with Crippen LogP contribution >= 0.6 is 11.3 Å². The molecule has 3 heterocycles. The second kappa shape index (κ2) is 6.12. The summed E-state index contributed by atoms with van der Waals surface area (Å²) in [4.78, 5) is 7.98. The van der Waals surface area contributed by atoms with E-state index in [2.05, 4.69) is 15.0 Å². The molecule has 1 aliphatic rings. The monoisotopic (exact) mass is 348 g/mol. The number of fused-ring (bicyclic) bond motifs is 1. The van der Waals surface area contributed by atoms with Crippen molar-refractivity contribution >= 4 is 16.3 Å². The normalized spacial score (nSPS) is 17.4. The number of rotatable bonds is 3. The summed E-state index contributed by atoms with van der Waals surface area (Å²) < 4.78 is 20.2. The second-order valence-corrected chi connectivity index (χ2v) is 6.75. The van der Waals surface area contributed by atoms with Crippen molar-refractivity contribution in [1.82, 2.24) is 19.5 Å². The number of hydrogen-bond acceptors (Lipinski definition) is 6. The molecule has 1 aliphatic heterocycles. The Morgan fingerprint density at radius 1 is 1.25 bits per heavy atom. The Kier molecular flexibility index (Phi) is 3.95. The van der Waals surface area contributed by atoms with E-state index in [0.717, 1.165) is 23.5 Å². The molecule has 0 spiro atoms. The molecule has 6 nitrogen and oxygen atoms in total. The highest BCUT2D eigenvalue weighted by molar-refractivity contribution is 7.17. The van der Waals surface area contributed by atoms with E-state index < -0.39 is 0 Å². The number of aryl methyl sites for hydroxylation is 1. The van der Waals surface area contributed by atoms with Crippen molar-refractivity contribution in [2.24, 2.45) is 0 Å². The van der Waals surface area contributed by atoms with Gasteiger partial charge in [0.05, 0.1) is 24.1 Å². The third-order valence-corrected chi connectivity index (χ3v) is 5.22. The van der Waals surface area contributed by atoms with Gasteiger partial charge in [0, 0.05) is 13.1 Å². The molecule has 8 heteroatoms. The third kappa shape index (κ3) is 2.66. The molecule has 0 aliphatic carbocycles. The molecule has 0 saturated carbocycles. The summed E-state index contributed by atoms with van der Waals surface area (Å²) in [5.41, 5.74) is 0.926. The number of aromatic nitrogens is 3. The van der Waals surface area contributed by atoms with Gasteiger partial charge in [-0.05, 0) is 24.6 Å². The first-order valence-corrected chi connectivity index (χ1v) is 8.57. The fourth-order valence-electron chi connectivity index (χ4n) is 3.03. The van der Waals surface area contributed by atoms with Gasteiger partial charge in [0.25, 0.3) is 0 Å². The van der Waals surface area contributed by atoms with Gasteiger partial charge >= 0.3 is 0 Å². The Morgan fingerprint density at radius 3 is 2.62 bits per heavy atom. The van der Waals surface area contributed by atoms with Crippen molar-refractivity contribution < 1.29 is 14.2 Å². The Hall–Kier alpha value is -2.03. The van der Waals surface area contributed by atoms with Crippen LogP contribution in [0.3, 0.4) is 0 Å². The molecular weight excluding hydrogens is 331 g/mol. The fourth-order valence-corrected chi connectivity index (χ4v) is 4.20. The summed E-state index contributed by atoms with van der Waals surface area (Å²) in [6.07, 6.45) is 0. The van der Waals surface area contributed by atoms with Crippen LogP contribution in [-0.2, 0) is 4.74 Å². The number of benzene rings is 1. The van der Waals surface area contributed by atoms with Crippen molar-refractivity contribution in [3.05, 3.63) is 46.3 Å². The lowest BCUT2D eigenvalue weighted by molar-refractivity contribution is 0.0241. The third-order valence-electron chi connectivity index (χ3n) is 4.15. The predicted molar refractivity (Wildman–Crippen MR) is 87.9 cm³/mol. The molecule has 1 N–H and O–H groups in total. The van der Waals surface area contributed by atoms with Gasteiger partial charge in [-0.1, -0.05) is 23.5 Å². The Balaban J connectivity index is 1.82. The van der Waals surface area contributed by atoms with Crippen LogP contribution in [0.5, 0.6) is 5.88 Å². The van der Waals surface area contributed by atoms with Gasteiger partial charge in [-0.2, -0.15) is 4.52 Å². The summed E-state index contributed by atoms with van der Waals surface area (Å²) in [5.74, 6) is 0.436. The quantitative estimate of drug-likeness (QED) is 0.787. The van der Waals surface area contributed by atoms with E-state index in [4.69, 9.17) is 4.74 Å². The second-order valence-electron chi connectivity index (χ2n) is 5.75. The van der Waals surface area contributed by atoms with Gasteiger partial charge in [0.1, 0.15) is 11.6 Å². The van der Waals surface area contributed by atoms with Crippen LogP contribution in [0.1, 0.15) is 22.3 Å². The lowest BCUT2D eigenvalue weighted by Gasteiger charge is -2.34. The zero-order valence-corrected chi connectivity index (χ0v) is 14.0. The van der Waals surface area contributed by atoms with Gasteiger partial charge in [0.2, 0.25) is 10.8 Å². The molecule has 1 fully saturated rings. The molecule has 3 aromatic rings. The molecule has 0 bridgehead atoms. The molecule has 1 saturated heterocycles. The maximum atomic E-state index is 13.3. The average molecular weight is 348 g/mol. The highest BCUT2D eigenvalue weighted by Gasteiger charge is 2.30. The fraction of sp³-hybridized carbons (Fsp3) is 0.375. The first-order valence-electron chi connectivity index (χ1n) is 7.76. The van der Waals surface area contributed by atoms with Gasteiger partial charge in [-0.15, -0.1) is 5.10 Å². The van der Waals surface area contributed by atoms with Crippen LogP contribution < -0.4 is 0 Å². The number of morpholine rings is 1. The zero-order chi connectivity index (χ0) is 16.7. The van der Waals surface area contributed by atoms with Crippen molar-refractivity contribution in [3.63, 3.8) is 0 Å². The molecule has 0 amide bonds. The first-order chi connectivity index (χ1) is 11.6. The molecule has 1 aromatic carbocycles. The van der Waals surface area contributed by atoms with Crippen molar-refractivity contribution in [3.8, 4) is 5.88 Å². The molecule has 4 rings (SSSR count). The first kappa shape index (κ1) is 15.5. The molecular formula is C16H17FN4O2S. The van der Waals surface area contributed by atoms with Crippen molar-refractivity contribution in [2.45, 2.75) is 13.0 Å².